The van der Waals surface area contributed by atoms with E-state index in [-0.39, 0.29) is 4.28 Å². The Bertz CT molecular complexity index is 435. The van der Waals surface area contributed by atoms with Gasteiger partial charge in [0.1, 0.15) is 0 Å². The lowest BCUT2D eigenvalue weighted by Crippen LogP contribution is -2.47. The van der Waals surface area contributed by atoms with Gasteiger partial charge in [0.05, 0.1) is 6.26 Å². The number of ether oxygens (including phenoxy) is 1. The highest BCUT2D eigenvalue weighted by molar-refractivity contribution is 6.86. The monoisotopic (exact) mass is 484 g/mol. The topological polar surface area (TPSA) is 74.2 Å². The van der Waals surface area contributed by atoms with Crippen molar-refractivity contribution < 1.29 is 27.0 Å². The van der Waals surface area contributed by atoms with E-state index in [1.165, 1.54) is 6.26 Å². The second-order valence-corrected chi connectivity index (χ2v) is 34.5. The highest BCUT2D eigenvalue weighted by Gasteiger charge is 2.37. The van der Waals surface area contributed by atoms with Crippen molar-refractivity contribution in [1.82, 2.24) is 0 Å². The molecule has 0 radical (unpaired) electrons. The first-order valence-electron chi connectivity index (χ1n) is 9.50. The zero-order valence-corrected chi connectivity index (χ0v) is 25.9. The molecule has 160 valence electrons. The van der Waals surface area contributed by atoms with Crippen LogP contribution in [0.1, 0.15) is 12.8 Å². The van der Waals surface area contributed by atoms with Gasteiger partial charge < -0.3 is 22.2 Å². The highest BCUT2D eigenvalue weighted by Crippen LogP contribution is 2.32. The molecule has 0 bridgehead atoms. The summed E-state index contributed by atoms with van der Waals surface area (Å²) in [5.74, 6) is 0. The molecule has 6 nitrogen and oxygen atoms in total. The Hall–Kier alpha value is 0.191. The lowest BCUT2D eigenvalue weighted by molar-refractivity contribution is 0.128. The van der Waals surface area contributed by atoms with Gasteiger partial charge in [-0.05, 0) is 77.8 Å². The number of carbonyl (C=O) groups is 1. The van der Waals surface area contributed by atoms with Crippen molar-refractivity contribution in [2.24, 2.45) is 0 Å². The van der Waals surface area contributed by atoms with E-state index in [2.05, 4.69) is 63.7 Å². The van der Waals surface area contributed by atoms with Gasteiger partial charge in [-0.2, -0.15) is 0 Å². The van der Waals surface area contributed by atoms with E-state index in [1.54, 1.807) is 6.08 Å². The van der Waals surface area contributed by atoms with Crippen LogP contribution < -0.4 is 0 Å². The summed E-state index contributed by atoms with van der Waals surface area (Å²) in [6.07, 6.45) is 3.55. The Kier molecular flexibility index (Phi) is 11.5. The van der Waals surface area contributed by atoms with Crippen LogP contribution >= 0.6 is 0 Å². The molecule has 0 aromatic carbocycles. The molecule has 0 atom stereocenters. The lowest BCUT2D eigenvalue weighted by Gasteiger charge is -2.38. The predicted molar refractivity (Wildman–Crippen MR) is 129 cm³/mol. The van der Waals surface area contributed by atoms with Gasteiger partial charge in [-0.25, -0.2) is 4.79 Å². The third kappa shape index (κ3) is 16.8. The number of allylic oxidation sites excluding steroid dienone is 1. The Morgan fingerprint density at radius 2 is 1.22 bits per heavy atom. The normalized spacial score (nSPS) is 17.1. The van der Waals surface area contributed by atoms with Gasteiger partial charge in [0.15, 0.2) is 54.2 Å². The molecule has 0 spiro atoms. The van der Waals surface area contributed by atoms with Crippen LogP contribution in [0.3, 0.4) is 0 Å². The molecule has 0 saturated heterocycles. The van der Waals surface area contributed by atoms with Crippen LogP contribution in [-0.2, 0) is 17.1 Å². The smallest absolute Gasteiger partial charge is 0.461 e. The summed E-state index contributed by atoms with van der Waals surface area (Å²) in [5.41, 5.74) is 0. The van der Waals surface area contributed by atoms with Gasteiger partial charge in [-0.15, -0.1) is 0 Å². The zero-order valence-electron chi connectivity index (χ0n) is 18.7. The molecule has 27 heavy (non-hydrogen) atoms. The molecule has 0 rings (SSSR count). The lowest BCUT2D eigenvalue weighted by atomic mass is 10.3. The summed E-state index contributed by atoms with van der Waals surface area (Å²) in [5, 5.41) is 8.59. The standard InChI is InChI=1S/C15H40O6Si6/c1-25(2,3)19-22-15(23-20-26(4,5)6,24-21-27(7,8)9)12-10-11-13-18-14(16)17/h11,13H,10,12,22-24H2,1-9H3,(H,16,17). The maximum atomic E-state index is 10.5. The molecular weight excluding hydrogens is 445 g/mol. The second-order valence-electron chi connectivity index (χ2n) is 10.00. The summed E-state index contributed by atoms with van der Waals surface area (Å²) in [6.45, 7) is 20.2. The first kappa shape index (κ1) is 27.2. The minimum atomic E-state index is -1.59. The molecule has 0 aromatic rings. The van der Waals surface area contributed by atoms with Crippen molar-refractivity contribution >= 4 is 60.4 Å². The van der Waals surface area contributed by atoms with Crippen LogP contribution in [0.5, 0.6) is 0 Å². The second kappa shape index (κ2) is 11.4. The van der Waals surface area contributed by atoms with Crippen LogP contribution in [-0.4, -0.2) is 65.5 Å². The van der Waals surface area contributed by atoms with Gasteiger partial charge in [0.2, 0.25) is 0 Å². The SMILES string of the molecule is C[Si](C)(C)O[SiH2]C(CCC=COC(=O)O)([SiH2]O[Si](C)(C)C)[SiH2]O[Si](C)(C)C. The van der Waals surface area contributed by atoms with E-state index in [4.69, 9.17) is 17.5 Å². The Balaban J connectivity index is 5.32. The summed E-state index contributed by atoms with van der Waals surface area (Å²) < 4.78 is 24.1. The fourth-order valence-electron chi connectivity index (χ4n) is 2.01. The highest BCUT2D eigenvalue weighted by atomic mass is 28.4. The maximum absolute atomic E-state index is 10.5. The van der Waals surface area contributed by atoms with E-state index in [1.807, 2.05) is 0 Å². The molecule has 0 unspecified atom stereocenters. The van der Waals surface area contributed by atoms with Crippen LogP contribution in [0.25, 0.3) is 0 Å². The fraction of sp³-hybridized carbons (Fsp3) is 0.800. The van der Waals surface area contributed by atoms with Crippen molar-refractivity contribution in [3.05, 3.63) is 12.3 Å². The minimum absolute atomic E-state index is 0.161. The Labute approximate surface area is 175 Å². The van der Waals surface area contributed by atoms with Crippen molar-refractivity contribution in [3.8, 4) is 0 Å². The molecule has 0 saturated carbocycles. The van der Waals surface area contributed by atoms with Gasteiger partial charge in [-0.1, -0.05) is 0 Å². The summed E-state index contributed by atoms with van der Waals surface area (Å²) in [7, 11) is -7.12. The summed E-state index contributed by atoms with van der Waals surface area (Å²) in [6, 6.07) is 0. The zero-order chi connectivity index (χ0) is 21.4. The predicted octanol–water partition coefficient (Wildman–Crippen LogP) is 2.85. The van der Waals surface area contributed by atoms with Gasteiger partial charge in [0.25, 0.3) is 0 Å². The van der Waals surface area contributed by atoms with Crippen molar-refractivity contribution in [1.29, 1.82) is 0 Å². The van der Waals surface area contributed by atoms with Gasteiger partial charge in [0, 0.05) is 4.28 Å². The third-order valence-corrected chi connectivity index (χ3v) is 22.2. The minimum Gasteiger partial charge on any atom is -0.461 e. The quantitative estimate of drug-likeness (QED) is 0.246. The number of hydrogen-bond acceptors (Lipinski definition) is 5. The first-order valence-corrected chi connectivity index (χ1v) is 23.6. The molecule has 0 aromatic heterocycles. The van der Waals surface area contributed by atoms with Crippen LogP contribution in [0, 0.1) is 0 Å². The third-order valence-electron chi connectivity index (χ3n) is 3.54. The first-order chi connectivity index (χ1) is 12.0. The van der Waals surface area contributed by atoms with Crippen molar-refractivity contribution in [2.45, 2.75) is 76.0 Å². The van der Waals surface area contributed by atoms with Crippen LogP contribution in [0.2, 0.25) is 63.2 Å². The maximum Gasteiger partial charge on any atom is 0.510 e. The molecule has 0 heterocycles. The molecule has 0 aliphatic carbocycles. The van der Waals surface area contributed by atoms with Gasteiger partial charge >= 0.3 is 6.16 Å². The van der Waals surface area contributed by atoms with E-state index in [9.17, 15) is 4.79 Å². The Morgan fingerprint density at radius 3 is 1.52 bits per heavy atom. The summed E-state index contributed by atoms with van der Waals surface area (Å²) >= 11 is 0. The molecule has 0 aliphatic rings. The largest absolute Gasteiger partial charge is 0.510 e. The van der Waals surface area contributed by atoms with E-state index >= 15 is 0 Å². The van der Waals surface area contributed by atoms with E-state index < -0.39 is 60.4 Å². The molecular formula is C15H40O6Si6. The van der Waals surface area contributed by atoms with E-state index in [0.29, 0.717) is 0 Å². The van der Waals surface area contributed by atoms with Gasteiger partial charge in [-0.3, -0.25) is 0 Å². The van der Waals surface area contributed by atoms with Crippen LogP contribution in [0.4, 0.5) is 4.79 Å². The average molecular weight is 485 g/mol. The number of hydrogen-bond donors (Lipinski definition) is 1. The summed E-state index contributed by atoms with van der Waals surface area (Å²) in [4.78, 5) is 10.5. The van der Waals surface area contributed by atoms with Crippen molar-refractivity contribution in [2.75, 3.05) is 0 Å². The fourth-order valence-corrected chi connectivity index (χ4v) is 18.4. The Morgan fingerprint density at radius 1 is 0.852 bits per heavy atom. The molecule has 0 aliphatic heterocycles. The average Bonchev–Trinajstić information content (AvgIpc) is 2.45. The molecule has 12 heteroatoms. The number of rotatable bonds is 13. The van der Waals surface area contributed by atoms with E-state index in [0.717, 1.165) is 12.8 Å². The molecule has 0 fully saturated rings. The van der Waals surface area contributed by atoms with Crippen LogP contribution in [0.15, 0.2) is 12.3 Å². The van der Waals surface area contributed by atoms with Crippen molar-refractivity contribution in [3.63, 3.8) is 0 Å². The molecule has 0 amide bonds. The number of carboxylic acid groups (broad SMARTS) is 1. The molecule has 1 N–H and O–H groups in total.